The highest BCUT2D eigenvalue weighted by molar-refractivity contribution is 7.98. The summed E-state index contributed by atoms with van der Waals surface area (Å²) in [5, 5.41) is 0.936. The molecule has 0 aliphatic carbocycles. The highest BCUT2D eigenvalue weighted by Crippen LogP contribution is 2.30. The molecule has 100 valence electrons. The Morgan fingerprint density at radius 2 is 1.80 bits per heavy atom. The average Bonchev–Trinajstić information content (AvgIpc) is 2.96. The van der Waals surface area contributed by atoms with Crippen LogP contribution in [0.1, 0.15) is 11.1 Å². The third-order valence-corrected chi connectivity index (χ3v) is 4.47. The number of aryl methyl sites for hydroxylation is 1. The second-order valence-corrected chi connectivity index (χ2v) is 5.81. The number of nitrogens with zero attached hydrogens (tertiary/aromatic N) is 4. The zero-order chi connectivity index (χ0) is 13.8. The van der Waals surface area contributed by atoms with Gasteiger partial charge in [0.05, 0.1) is 11.7 Å². The Labute approximate surface area is 125 Å². The van der Waals surface area contributed by atoms with Gasteiger partial charge in [-0.2, -0.15) is 8.75 Å². The molecule has 0 fully saturated rings. The van der Waals surface area contributed by atoms with Crippen LogP contribution in [-0.4, -0.2) is 18.7 Å². The summed E-state index contributed by atoms with van der Waals surface area (Å²) < 4.78 is 8.71. The minimum absolute atomic E-state index is 0.868. The van der Waals surface area contributed by atoms with Gasteiger partial charge in [-0.15, -0.1) is 0 Å². The Kier molecular flexibility index (Phi) is 4.03. The molecule has 0 N–H and O–H groups in total. The van der Waals surface area contributed by atoms with E-state index in [1.54, 1.807) is 24.2 Å². The average molecular weight is 300 g/mol. The molecule has 0 saturated carbocycles. The lowest BCUT2D eigenvalue weighted by molar-refractivity contribution is 1.15. The monoisotopic (exact) mass is 300 g/mol. The number of thioether (sulfide) groups is 1. The molecule has 0 aliphatic rings. The highest BCUT2D eigenvalue weighted by atomic mass is 32.2. The van der Waals surface area contributed by atoms with Gasteiger partial charge in [-0.05, 0) is 12.5 Å². The minimum Gasteiger partial charge on any atom is -0.244 e. The summed E-state index contributed by atoms with van der Waals surface area (Å²) in [7, 11) is 0. The van der Waals surface area contributed by atoms with E-state index in [1.165, 1.54) is 29.2 Å². The van der Waals surface area contributed by atoms with E-state index in [0.717, 1.165) is 22.0 Å². The van der Waals surface area contributed by atoms with Gasteiger partial charge in [-0.1, -0.05) is 41.6 Å². The summed E-state index contributed by atoms with van der Waals surface area (Å²) >= 11 is 2.91. The molecule has 6 heteroatoms. The van der Waals surface area contributed by atoms with Crippen LogP contribution in [0.5, 0.6) is 0 Å². The summed E-state index contributed by atoms with van der Waals surface area (Å²) in [6, 6.07) is 8.54. The van der Waals surface area contributed by atoms with Gasteiger partial charge < -0.3 is 0 Å². The number of hydrogen-bond acceptors (Lipinski definition) is 6. The predicted molar refractivity (Wildman–Crippen MR) is 81.7 cm³/mol. The maximum absolute atomic E-state index is 4.36. The Morgan fingerprint density at radius 1 is 1.05 bits per heavy atom. The lowest BCUT2D eigenvalue weighted by Crippen LogP contribution is -1.86. The zero-order valence-electron chi connectivity index (χ0n) is 10.9. The van der Waals surface area contributed by atoms with Gasteiger partial charge in [0.25, 0.3) is 0 Å². The van der Waals surface area contributed by atoms with Crippen LogP contribution in [0.4, 0.5) is 0 Å². The van der Waals surface area contributed by atoms with Crippen LogP contribution in [0.15, 0.2) is 48.0 Å². The topological polar surface area (TPSA) is 51.6 Å². The third kappa shape index (κ3) is 3.02. The standard InChI is InChI=1S/C14H12N4S2/c1-10-2-4-11(5-3-10)8-19-14-13(17-20-18-14)12-6-15-9-16-7-12/h2-7,9H,8H2,1H3. The van der Waals surface area contributed by atoms with Gasteiger partial charge in [0.2, 0.25) is 0 Å². The van der Waals surface area contributed by atoms with Crippen LogP contribution in [0.25, 0.3) is 11.3 Å². The SMILES string of the molecule is Cc1ccc(CSc2nsnc2-c2cncnc2)cc1. The van der Waals surface area contributed by atoms with Gasteiger partial charge in [-0.25, -0.2) is 9.97 Å². The van der Waals surface area contributed by atoms with Crippen LogP contribution in [0.2, 0.25) is 0 Å². The van der Waals surface area contributed by atoms with Crippen LogP contribution in [-0.2, 0) is 5.75 Å². The van der Waals surface area contributed by atoms with Gasteiger partial charge in [-0.3, -0.25) is 0 Å². The van der Waals surface area contributed by atoms with Gasteiger partial charge in [0.1, 0.15) is 17.0 Å². The fraction of sp³-hybridized carbons (Fsp3) is 0.143. The molecule has 3 rings (SSSR count). The second kappa shape index (κ2) is 6.11. The van der Waals surface area contributed by atoms with Crippen molar-refractivity contribution in [3.63, 3.8) is 0 Å². The Bertz CT molecular complexity index is 680. The number of rotatable bonds is 4. The Hall–Kier alpha value is -1.79. The van der Waals surface area contributed by atoms with E-state index in [4.69, 9.17) is 0 Å². The molecule has 0 spiro atoms. The highest BCUT2D eigenvalue weighted by Gasteiger charge is 2.11. The van der Waals surface area contributed by atoms with E-state index in [-0.39, 0.29) is 0 Å². The molecule has 20 heavy (non-hydrogen) atoms. The molecule has 0 atom stereocenters. The van der Waals surface area contributed by atoms with E-state index in [1.807, 2.05) is 0 Å². The lowest BCUT2D eigenvalue weighted by Gasteiger charge is -2.02. The molecular weight excluding hydrogens is 288 g/mol. The Morgan fingerprint density at radius 3 is 2.55 bits per heavy atom. The van der Waals surface area contributed by atoms with Crippen LogP contribution >= 0.6 is 23.5 Å². The summed E-state index contributed by atoms with van der Waals surface area (Å²) in [5.74, 6) is 0.881. The molecule has 0 unspecified atom stereocenters. The smallest absolute Gasteiger partial charge is 0.138 e. The molecule has 3 aromatic rings. The Balaban J connectivity index is 1.76. The molecular formula is C14H12N4S2. The molecule has 0 amide bonds. The van der Waals surface area contributed by atoms with Crippen molar-refractivity contribution in [2.45, 2.75) is 17.7 Å². The molecule has 1 aromatic carbocycles. The van der Waals surface area contributed by atoms with Gasteiger partial charge in [0.15, 0.2) is 0 Å². The van der Waals surface area contributed by atoms with Gasteiger partial charge >= 0.3 is 0 Å². The van der Waals surface area contributed by atoms with E-state index in [9.17, 15) is 0 Å². The maximum Gasteiger partial charge on any atom is 0.138 e. The molecule has 0 aliphatic heterocycles. The van der Waals surface area contributed by atoms with Crippen LogP contribution in [0, 0.1) is 6.92 Å². The third-order valence-electron chi connectivity index (χ3n) is 2.79. The van der Waals surface area contributed by atoms with Crippen molar-refractivity contribution in [3.05, 3.63) is 54.1 Å². The van der Waals surface area contributed by atoms with Crippen molar-refractivity contribution in [3.8, 4) is 11.3 Å². The lowest BCUT2D eigenvalue weighted by atomic mass is 10.2. The second-order valence-electron chi connectivity index (χ2n) is 4.32. The first kappa shape index (κ1) is 13.2. The van der Waals surface area contributed by atoms with Crippen molar-refractivity contribution in [2.24, 2.45) is 0 Å². The molecule has 0 radical (unpaired) electrons. The van der Waals surface area contributed by atoms with E-state index in [0.29, 0.717) is 0 Å². The van der Waals surface area contributed by atoms with Crippen molar-refractivity contribution < 1.29 is 0 Å². The fourth-order valence-electron chi connectivity index (χ4n) is 1.71. The summed E-state index contributed by atoms with van der Waals surface area (Å²) in [6.45, 7) is 2.09. The number of aromatic nitrogens is 4. The first-order valence-corrected chi connectivity index (χ1v) is 7.81. The first-order valence-electron chi connectivity index (χ1n) is 6.09. The van der Waals surface area contributed by atoms with Crippen molar-refractivity contribution in [1.82, 2.24) is 18.7 Å². The fourth-order valence-corrected chi connectivity index (χ4v) is 3.35. The number of benzene rings is 1. The van der Waals surface area contributed by atoms with E-state index < -0.39 is 0 Å². The molecule has 2 aromatic heterocycles. The predicted octanol–water partition coefficient (Wildman–Crippen LogP) is 3.60. The quantitative estimate of drug-likeness (QED) is 0.689. The van der Waals surface area contributed by atoms with Crippen LogP contribution < -0.4 is 0 Å². The largest absolute Gasteiger partial charge is 0.244 e. The summed E-state index contributed by atoms with van der Waals surface area (Å²) in [5.41, 5.74) is 4.33. The summed E-state index contributed by atoms with van der Waals surface area (Å²) in [4.78, 5) is 8.05. The molecule has 0 bridgehead atoms. The molecule has 2 heterocycles. The van der Waals surface area contributed by atoms with E-state index in [2.05, 4.69) is 49.9 Å². The minimum atomic E-state index is 0.868. The van der Waals surface area contributed by atoms with Crippen molar-refractivity contribution >= 4 is 23.5 Å². The summed E-state index contributed by atoms with van der Waals surface area (Å²) in [6.07, 6.45) is 5.04. The van der Waals surface area contributed by atoms with Gasteiger partial charge in [0, 0.05) is 23.7 Å². The number of hydrogen-bond donors (Lipinski definition) is 0. The first-order chi connectivity index (χ1) is 9.83. The van der Waals surface area contributed by atoms with Crippen LogP contribution in [0.3, 0.4) is 0 Å². The van der Waals surface area contributed by atoms with Crippen molar-refractivity contribution in [2.75, 3.05) is 0 Å². The maximum atomic E-state index is 4.36. The van der Waals surface area contributed by atoms with Crippen molar-refractivity contribution in [1.29, 1.82) is 0 Å². The molecule has 0 saturated heterocycles. The normalized spacial score (nSPS) is 10.7. The molecule has 4 nitrogen and oxygen atoms in total. The zero-order valence-corrected chi connectivity index (χ0v) is 12.5. The van der Waals surface area contributed by atoms with E-state index >= 15 is 0 Å².